The van der Waals surface area contributed by atoms with Gasteiger partial charge in [-0.2, -0.15) is 0 Å². The molecular formula is C19H21NO5S2. The van der Waals surface area contributed by atoms with Gasteiger partial charge in [-0.15, -0.1) is 11.8 Å². The minimum absolute atomic E-state index is 0.0110. The Balaban J connectivity index is 2.11. The number of fused-ring (bicyclic) bond motifs is 1. The minimum Gasteiger partial charge on any atom is -0.493 e. The van der Waals surface area contributed by atoms with E-state index in [4.69, 9.17) is 9.47 Å². The minimum atomic E-state index is -4.04. The van der Waals surface area contributed by atoms with Gasteiger partial charge in [0.2, 0.25) is 0 Å². The van der Waals surface area contributed by atoms with Crippen molar-refractivity contribution < 1.29 is 22.7 Å². The molecule has 0 aromatic heterocycles. The Morgan fingerprint density at radius 1 is 1.11 bits per heavy atom. The predicted octanol–water partition coefficient (Wildman–Crippen LogP) is 3.72. The van der Waals surface area contributed by atoms with Crippen LogP contribution in [0.15, 0.2) is 46.2 Å². The number of benzene rings is 2. The maximum Gasteiger partial charge on any atom is 0.272 e. The third kappa shape index (κ3) is 3.27. The zero-order chi connectivity index (χ0) is 19.8. The number of nitrogens with zero attached hydrogens (tertiary/aromatic N) is 1. The largest absolute Gasteiger partial charge is 0.493 e. The first kappa shape index (κ1) is 19.6. The van der Waals surface area contributed by atoms with Crippen molar-refractivity contribution in [2.45, 2.75) is 29.6 Å². The molecule has 0 fully saturated rings. The third-order valence-electron chi connectivity index (χ3n) is 4.36. The standard InChI is InChI=1S/C19H21NO5S2/c1-12(2)14-10-15(24-3)17(25-4)18-16(14)19(21)20(27(18,22)23)11-26-13-8-6-5-7-9-13/h5-10,12H,11H2,1-4H3. The molecule has 144 valence electrons. The first-order valence-electron chi connectivity index (χ1n) is 8.36. The summed E-state index contributed by atoms with van der Waals surface area (Å²) in [6.07, 6.45) is 0. The molecule has 0 atom stereocenters. The summed E-state index contributed by atoms with van der Waals surface area (Å²) in [4.78, 5) is 13.8. The van der Waals surface area contributed by atoms with Crippen molar-refractivity contribution in [2.75, 3.05) is 20.1 Å². The van der Waals surface area contributed by atoms with Crippen molar-refractivity contribution >= 4 is 27.7 Å². The topological polar surface area (TPSA) is 72.9 Å². The summed E-state index contributed by atoms with van der Waals surface area (Å²) in [5.41, 5.74) is 0.805. The van der Waals surface area contributed by atoms with E-state index < -0.39 is 15.9 Å². The molecule has 1 heterocycles. The lowest BCUT2D eigenvalue weighted by molar-refractivity contribution is 0.0885. The molecule has 1 aliphatic heterocycles. The van der Waals surface area contributed by atoms with Crippen LogP contribution in [0.2, 0.25) is 0 Å². The molecule has 2 aromatic carbocycles. The zero-order valence-corrected chi connectivity index (χ0v) is 17.2. The smallest absolute Gasteiger partial charge is 0.272 e. The summed E-state index contributed by atoms with van der Waals surface area (Å²) in [5, 5.41) is 0. The van der Waals surface area contributed by atoms with E-state index in [9.17, 15) is 13.2 Å². The molecule has 0 spiro atoms. The van der Waals surface area contributed by atoms with Crippen LogP contribution < -0.4 is 9.47 Å². The van der Waals surface area contributed by atoms with Gasteiger partial charge in [-0.1, -0.05) is 32.0 Å². The lowest BCUT2D eigenvalue weighted by Crippen LogP contribution is -2.29. The number of methoxy groups -OCH3 is 2. The number of hydrogen-bond acceptors (Lipinski definition) is 6. The van der Waals surface area contributed by atoms with Crippen LogP contribution in [0.5, 0.6) is 11.5 Å². The maximum absolute atomic E-state index is 13.2. The Labute approximate surface area is 163 Å². The third-order valence-corrected chi connectivity index (χ3v) is 7.30. The highest BCUT2D eigenvalue weighted by Gasteiger charge is 2.46. The maximum atomic E-state index is 13.2. The number of hydrogen-bond donors (Lipinski definition) is 0. The molecule has 2 aromatic rings. The van der Waals surface area contributed by atoms with Gasteiger partial charge >= 0.3 is 0 Å². The molecule has 0 radical (unpaired) electrons. The van der Waals surface area contributed by atoms with Crippen molar-refractivity contribution in [2.24, 2.45) is 0 Å². The molecule has 6 nitrogen and oxygen atoms in total. The monoisotopic (exact) mass is 407 g/mol. The van der Waals surface area contributed by atoms with E-state index in [0.717, 1.165) is 9.20 Å². The van der Waals surface area contributed by atoms with E-state index >= 15 is 0 Å². The second-order valence-corrected chi connectivity index (χ2v) is 9.12. The summed E-state index contributed by atoms with van der Waals surface area (Å²) >= 11 is 1.29. The second-order valence-electron chi connectivity index (χ2n) is 6.31. The SMILES string of the molecule is COc1cc(C(C)C)c2c(c1OC)S(=O)(=O)N(CSc1ccccc1)C2=O. The van der Waals surface area contributed by atoms with Crippen LogP contribution >= 0.6 is 11.8 Å². The lowest BCUT2D eigenvalue weighted by Gasteiger charge is -2.16. The first-order chi connectivity index (χ1) is 12.8. The van der Waals surface area contributed by atoms with Crippen LogP contribution in [0, 0.1) is 0 Å². The second kappa shape index (κ2) is 7.44. The Bertz CT molecular complexity index is 971. The van der Waals surface area contributed by atoms with Crippen LogP contribution in [-0.4, -0.2) is 38.7 Å². The van der Waals surface area contributed by atoms with E-state index in [0.29, 0.717) is 11.3 Å². The average molecular weight is 408 g/mol. The van der Waals surface area contributed by atoms with Gasteiger partial charge in [-0.25, -0.2) is 12.7 Å². The fourth-order valence-corrected chi connectivity index (χ4v) is 5.88. The summed E-state index contributed by atoms with van der Waals surface area (Å²) in [6.45, 7) is 3.81. The zero-order valence-electron chi connectivity index (χ0n) is 15.6. The normalized spacial score (nSPS) is 15.1. The summed E-state index contributed by atoms with van der Waals surface area (Å²) < 4.78 is 37.9. The van der Waals surface area contributed by atoms with Gasteiger partial charge in [-0.3, -0.25) is 4.79 Å². The molecule has 0 N–H and O–H groups in total. The highest BCUT2D eigenvalue weighted by atomic mass is 32.2. The lowest BCUT2D eigenvalue weighted by atomic mass is 9.95. The highest BCUT2D eigenvalue weighted by Crippen LogP contribution is 2.47. The first-order valence-corrected chi connectivity index (χ1v) is 10.8. The van der Waals surface area contributed by atoms with Gasteiger partial charge in [-0.05, 0) is 29.7 Å². The summed E-state index contributed by atoms with van der Waals surface area (Å²) in [5.74, 6) is -0.230. The van der Waals surface area contributed by atoms with Crippen LogP contribution in [0.25, 0.3) is 0 Å². The van der Waals surface area contributed by atoms with Crippen LogP contribution in [0.4, 0.5) is 0 Å². The van der Waals surface area contributed by atoms with Crippen molar-refractivity contribution in [3.8, 4) is 11.5 Å². The van der Waals surface area contributed by atoms with Crippen LogP contribution in [0.3, 0.4) is 0 Å². The van der Waals surface area contributed by atoms with Gasteiger partial charge in [0.15, 0.2) is 11.5 Å². The van der Waals surface area contributed by atoms with E-state index in [-0.39, 0.29) is 28.0 Å². The van der Waals surface area contributed by atoms with E-state index in [1.165, 1.54) is 26.0 Å². The summed E-state index contributed by atoms with van der Waals surface area (Å²) in [7, 11) is -1.22. The molecule has 8 heteroatoms. The Morgan fingerprint density at radius 3 is 2.33 bits per heavy atom. The molecule has 3 rings (SSSR count). The number of rotatable bonds is 6. The van der Waals surface area contributed by atoms with Crippen molar-refractivity contribution in [3.63, 3.8) is 0 Å². The van der Waals surface area contributed by atoms with Crippen molar-refractivity contribution in [1.82, 2.24) is 4.31 Å². The molecule has 1 aliphatic rings. The molecule has 27 heavy (non-hydrogen) atoms. The molecule has 1 amide bonds. The summed E-state index contributed by atoms with van der Waals surface area (Å²) in [6, 6.07) is 11.0. The number of carbonyl (C=O) groups excluding carboxylic acids is 1. The Hall–Kier alpha value is -2.19. The number of thioether (sulfide) groups is 1. The highest BCUT2D eigenvalue weighted by molar-refractivity contribution is 8.00. The number of amides is 1. The van der Waals surface area contributed by atoms with Crippen molar-refractivity contribution in [1.29, 1.82) is 0 Å². The molecular weight excluding hydrogens is 386 g/mol. The van der Waals surface area contributed by atoms with E-state index in [2.05, 4.69) is 0 Å². The molecule has 0 bridgehead atoms. The Morgan fingerprint density at radius 2 is 1.78 bits per heavy atom. The molecule has 0 unspecified atom stereocenters. The molecule has 0 saturated heterocycles. The van der Waals surface area contributed by atoms with Gasteiger partial charge in [0.1, 0.15) is 4.90 Å². The average Bonchev–Trinajstić information content (AvgIpc) is 2.85. The van der Waals surface area contributed by atoms with Gasteiger partial charge < -0.3 is 9.47 Å². The van der Waals surface area contributed by atoms with Crippen molar-refractivity contribution in [3.05, 3.63) is 47.5 Å². The van der Waals surface area contributed by atoms with E-state index in [1.54, 1.807) is 6.07 Å². The quantitative estimate of drug-likeness (QED) is 0.680. The van der Waals surface area contributed by atoms with E-state index in [1.807, 2.05) is 44.2 Å². The fourth-order valence-electron chi connectivity index (χ4n) is 3.02. The molecule has 0 aliphatic carbocycles. The molecule has 0 saturated carbocycles. The number of sulfonamides is 1. The van der Waals surface area contributed by atoms with Crippen LogP contribution in [-0.2, 0) is 10.0 Å². The van der Waals surface area contributed by atoms with Gasteiger partial charge in [0.25, 0.3) is 15.9 Å². The van der Waals surface area contributed by atoms with Gasteiger partial charge in [0, 0.05) is 4.90 Å². The van der Waals surface area contributed by atoms with Gasteiger partial charge in [0.05, 0.1) is 25.7 Å². The number of ether oxygens (including phenoxy) is 2. The van der Waals surface area contributed by atoms with Crippen LogP contribution in [0.1, 0.15) is 35.7 Å². The fraction of sp³-hybridized carbons (Fsp3) is 0.316. The Kier molecular flexibility index (Phi) is 5.39. The predicted molar refractivity (Wildman–Crippen MR) is 104 cm³/mol. The number of carbonyl (C=O) groups is 1.